The van der Waals surface area contributed by atoms with Crippen LogP contribution >= 0.6 is 27.5 Å². The van der Waals surface area contributed by atoms with Crippen LogP contribution in [0.1, 0.15) is 5.56 Å². The Balaban J connectivity index is 1.76. The first-order chi connectivity index (χ1) is 15.4. The molecule has 164 valence electrons. The van der Waals surface area contributed by atoms with Gasteiger partial charge in [-0.3, -0.25) is 0 Å². The molecule has 4 rings (SSSR count). The van der Waals surface area contributed by atoms with Crippen LogP contribution < -0.4 is 10.1 Å². The van der Waals surface area contributed by atoms with E-state index in [-0.39, 0.29) is 28.2 Å². The van der Waals surface area contributed by atoms with E-state index in [1.54, 1.807) is 49.6 Å². The lowest BCUT2D eigenvalue weighted by molar-refractivity contribution is 0.415. The van der Waals surface area contributed by atoms with Crippen molar-refractivity contribution < 1.29 is 17.6 Å². The molecule has 0 unspecified atom stereocenters. The summed E-state index contributed by atoms with van der Waals surface area (Å²) in [6, 6.07) is 20.6. The first kappa shape index (κ1) is 22.4. The Morgan fingerprint density at radius 1 is 1.03 bits per heavy atom. The second-order valence-electron chi connectivity index (χ2n) is 6.78. The van der Waals surface area contributed by atoms with Crippen LogP contribution in [0.5, 0.6) is 5.75 Å². The van der Waals surface area contributed by atoms with Gasteiger partial charge in [-0.15, -0.1) is 0 Å². The minimum Gasteiger partial charge on any atom is -0.497 e. The fourth-order valence-electron chi connectivity index (χ4n) is 3.00. The third-order valence-electron chi connectivity index (χ3n) is 4.71. The van der Waals surface area contributed by atoms with Crippen LogP contribution in [0.3, 0.4) is 0 Å². The van der Waals surface area contributed by atoms with Gasteiger partial charge in [0, 0.05) is 21.6 Å². The van der Waals surface area contributed by atoms with Crippen LogP contribution in [0, 0.1) is 0 Å². The highest BCUT2D eigenvalue weighted by Crippen LogP contribution is 2.34. The lowest BCUT2D eigenvalue weighted by Gasteiger charge is -2.07. The van der Waals surface area contributed by atoms with E-state index in [9.17, 15) is 8.42 Å². The Hall–Kier alpha value is -2.81. The van der Waals surface area contributed by atoms with Gasteiger partial charge in [0.1, 0.15) is 5.75 Å². The normalized spacial score (nSPS) is 11.3. The summed E-state index contributed by atoms with van der Waals surface area (Å²) < 4.78 is 38.6. The molecule has 0 atom stereocenters. The number of sulfone groups is 1. The Morgan fingerprint density at radius 3 is 2.38 bits per heavy atom. The summed E-state index contributed by atoms with van der Waals surface area (Å²) in [6.07, 6.45) is 0. The van der Waals surface area contributed by atoms with Crippen molar-refractivity contribution >= 4 is 43.3 Å². The molecule has 32 heavy (non-hydrogen) atoms. The van der Waals surface area contributed by atoms with Crippen LogP contribution in [0.25, 0.3) is 11.5 Å². The molecule has 1 aromatic heterocycles. The molecule has 3 aromatic carbocycles. The van der Waals surface area contributed by atoms with Crippen LogP contribution in [0.15, 0.2) is 91.6 Å². The van der Waals surface area contributed by atoms with Gasteiger partial charge in [-0.1, -0.05) is 45.7 Å². The lowest BCUT2D eigenvalue weighted by Crippen LogP contribution is -2.07. The second-order valence-corrected chi connectivity index (χ2v) is 9.97. The van der Waals surface area contributed by atoms with Gasteiger partial charge >= 0.3 is 0 Å². The van der Waals surface area contributed by atoms with Gasteiger partial charge in [0.05, 0.1) is 12.0 Å². The molecule has 9 heteroatoms. The molecular formula is C23H18BrClN2O4S. The second kappa shape index (κ2) is 9.36. The van der Waals surface area contributed by atoms with Gasteiger partial charge in [0.25, 0.3) is 0 Å². The molecular weight excluding hydrogens is 516 g/mol. The maximum atomic E-state index is 13.4. The molecule has 4 aromatic rings. The third-order valence-corrected chi connectivity index (χ3v) is 7.28. The van der Waals surface area contributed by atoms with E-state index < -0.39 is 9.84 Å². The maximum Gasteiger partial charge on any atom is 0.234 e. The Morgan fingerprint density at radius 2 is 1.72 bits per heavy atom. The van der Waals surface area contributed by atoms with Crippen molar-refractivity contribution in [3.63, 3.8) is 0 Å². The van der Waals surface area contributed by atoms with Gasteiger partial charge in [0.15, 0.2) is 0 Å². The number of anilines is 1. The highest BCUT2D eigenvalue weighted by atomic mass is 79.9. The number of halogens is 2. The zero-order valence-electron chi connectivity index (χ0n) is 16.9. The van der Waals surface area contributed by atoms with Gasteiger partial charge < -0.3 is 14.5 Å². The maximum absolute atomic E-state index is 13.4. The van der Waals surface area contributed by atoms with Crippen molar-refractivity contribution in [3.05, 3.63) is 87.9 Å². The Kier molecular flexibility index (Phi) is 6.55. The summed E-state index contributed by atoms with van der Waals surface area (Å²) in [5, 5.41) is 3.41. The average molecular weight is 534 g/mol. The van der Waals surface area contributed by atoms with Crippen LogP contribution in [0.4, 0.5) is 5.88 Å². The first-order valence-electron chi connectivity index (χ1n) is 9.51. The SMILES string of the molecule is COc1ccc(-c2nc(S(=O)(=O)c3ccc(Br)cc3)c(NCc3ccccc3Cl)o2)cc1. The lowest BCUT2D eigenvalue weighted by atomic mass is 10.2. The quantitative estimate of drug-likeness (QED) is 0.304. The zero-order valence-corrected chi connectivity index (χ0v) is 20.0. The van der Waals surface area contributed by atoms with E-state index in [4.69, 9.17) is 20.8 Å². The van der Waals surface area contributed by atoms with Crippen molar-refractivity contribution in [2.45, 2.75) is 16.5 Å². The van der Waals surface area contributed by atoms with E-state index in [1.165, 1.54) is 12.1 Å². The number of benzene rings is 3. The van der Waals surface area contributed by atoms with E-state index in [0.29, 0.717) is 16.3 Å². The molecule has 1 heterocycles. The molecule has 0 saturated carbocycles. The van der Waals surface area contributed by atoms with E-state index >= 15 is 0 Å². The number of hydrogen-bond donors (Lipinski definition) is 1. The largest absolute Gasteiger partial charge is 0.497 e. The van der Waals surface area contributed by atoms with Crippen LogP contribution in [0.2, 0.25) is 5.02 Å². The summed E-state index contributed by atoms with van der Waals surface area (Å²) in [6.45, 7) is 0.264. The smallest absolute Gasteiger partial charge is 0.234 e. The van der Waals surface area contributed by atoms with Gasteiger partial charge in [-0.05, 0) is 60.2 Å². The number of nitrogens with zero attached hydrogens (tertiary/aromatic N) is 1. The Labute approximate surface area is 199 Å². The minimum atomic E-state index is -3.95. The van der Waals surface area contributed by atoms with E-state index in [0.717, 1.165) is 10.0 Å². The molecule has 0 aliphatic carbocycles. The number of hydrogen-bond acceptors (Lipinski definition) is 6. The number of oxazole rings is 1. The summed E-state index contributed by atoms with van der Waals surface area (Å²) in [4.78, 5) is 4.45. The predicted octanol–water partition coefficient (Wildman–Crippen LogP) is 6.21. The molecule has 0 aliphatic rings. The van der Waals surface area contributed by atoms with Crippen LogP contribution in [-0.4, -0.2) is 20.5 Å². The molecule has 0 radical (unpaired) electrons. The number of rotatable bonds is 7. The molecule has 0 fully saturated rings. The average Bonchev–Trinajstić information content (AvgIpc) is 3.24. The van der Waals surface area contributed by atoms with Crippen molar-refractivity contribution in [3.8, 4) is 17.2 Å². The van der Waals surface area contributed by atoms with E-state index in [2.05, 4.69) is 26.2 Å². The summed E-state index contributed by atoms with van der Waals surface area (Å²) in [5.74, 6) is 0.878. The van der Waals surface area contributed by atoms with Gasteiger partial charge in [-0.2, -0.15) is 4.98 Å². The summed E-state index contributed by atoms with van der Waals surface area (Å²) in [7, 11) is -2.38. The topological polar surface area (TPSA) is 81.4 Å². The molecule has 0 aliphatic heterocycles. The first-order valence-corrected chi connectivity index (χ1v) is 12.2. The number of methoxy groups -OCH3 is 1. The molecule has 0 bridgehead atoms. The Bertz CT molecular complexity index is 1340. The highest BCUT2D eigenvalue weighted by Gasteiger charge is 2.28. The van der Waals surface area contributed by atoms with Crippen molar-refractivity contribution in [2.24, 2.45) is 0 Å². The highest BCUT2D eigenvalue weighted by molar-refractivity contribution is 9.10. The molecule has 6 nitrogen and oxygen atoms in total. The van der Waals surface area contributed by atoms with E-state index in [1.807, 2.05) is 18.2 Å². The third kappa shape index (κ3) is 4.67. The molecule has 0 amide bonds. The number of nitrogens with one attached hydrogen (secondary N) is 1. The molecule has 0 spiro atoms. The fourth-order valence-corrected chi connectivity index (χ4v) is 4.75. The summed E-state index contributed by atoms with van der Waals surface area (Å²) in [5.41, 5.74) is 1.41. The fraction of sp³-hybridized carbons (Fsp3) is 0.0870. The van der Waals surface area contributed by atoms with Crippen molar-refractivity contribution in [1.29, 1.82) is 0 Å². The van der Waals surface area contributed by atoms with Crippen molar-refractivity contribution in [1.82, 2.24) is 4.98 Å². The minimum absolute atomic E-state index is 0.0404. The zero-order chi connectivity index (χ0) is 22.7. The van der Waals surface area contributed by atoms with Crippen molar-refractivity contribution in [2.75, 3.05) is 12.4 Å². The number of aromatic nitrogens is 1. The standard InChI is InChI=1S/C23H18BrClN2O4S/c1-30-18-10-6-15(7-11-18)21-27-23(32(28,29)19-12-8-17(24)9-13-19)22(31-21)26-14-16-4-2-3-5-20(16)25/h2-13,26H,14H2,1H3. The van der Waals surface area contributed by atoms with Crippen LogP contribution in [-0.2, 0) is 16.4 Å². The predicted molar refractivity (Wildman–Crippen MR) is 127 cm³/mol. The number of ether oxygens (including phenoxy) is 1. The monoisotopic (exact) mass is 532 g/mol. The van der Waals surface area contributed by atoms with Gasteiger partial charge in [0.2, 0.25) is 26.6 Å². The summed E-state index contributed by atoms with van der Waals surface area (Å²) >= 11 is 9.56. The molecule has 1 N–H and O–H groups in total. The van der Waals surface area contributed by atoms with Gasteiger partial charge in [-0.25, -0.2) is 8.42 Å². The molecule has 0 saturated heterocycles.